The first kappa shape index (κ1) is 16.7. The molecule has 1 amide bonds. The molecule has 0 spiro atoms. The van der Waals surface area contributed by atoms with Crippen LogP contribution in [0.1, 0.15) is 38.5 Å². The van der Waals surface area contributed by atoms with E-state index in [4.69, 9.17) is 10.9 Å². The van der Waals surface area contributed by atoms with Crippen molar-refractivity contribution in [3.05, 3.63) is 0 Å². The van der Waals surface area contributed by atoms with Crippen LogP contribution in [0.5, 0.6) is 0 Å². The number of amides is 1. The minimum Gasteiger partial charge on any atom is -0.340 e. The average molecular weight is 318 g/mol. The van der Waals surface area contributed by atoms with Crippen LogP contribution in [0.2, 0.25) is 0 Å². The van der Waals surface area contributed by atoms with E-state index in [1.165, 1.54) is 10.7 Å². The molecule has 0 aromatic carbocycles. The largest absolute Gasteiger partial charge is 0.340 e. The summed E-state index contributed by atoms with van der Waals surface area (Å²) in [7, 11) is -3.64. The Bertz CT molecular complexity index is 466. The van der Waals surface area contributed by atoms with Crippen LogP contribution in [0, 0.1) is 5.41 Å². The number of nitrogens with two attached hydrogens (primary N) is 2. The summed E-state index contributed by atoms with van der Waals surface area (Å²) in [6.07, 6.45) is 6.04. The van der Waals surface area contributed by atoms with Crippen molar-refractivity contribution in [2.45, 2.75) is 38.5 Å². The molecule has 7 nitrogen and oxygen atoms in total. The van der Waals surface area contributed by atoms with Gasteiger partial charge >= 0.3 is 0 Å². The van der Waals surface area contributed by atoms with Gasteiger partial charge in [-0.25, -0.2) is 5.14 Å². The normalized spacial score (nSPS) is 24.0. The summed E-state index contributed by atoms with van der Waals surface area (Å²) in [6, 6.07) is 0. The van der Waals surface area contributed by atoms with Gasteiger partial charge in [0.2, 0.25) is 5.91 Å². The lowest BCUT2D eigenvalue weighted by molar-refractivity contribution is -0.135. The zero-order chi connectivity index (χ0) is 15.5. The summed E-state index contributed by atoms with van der Waals surface area (Å²) in [4.78, 5) is 14.2. The molecule has 0 unspecified atom stereocenters. The molecule has 0 atom stereocenters. The predicted octanol–water partition coefficient (Wildman–Crippen LogP) is -0.367. The smallest absolute Gasteiger partial charge is 0.277 e. The van der Waals surface area contributed by atoms with E-state index >= 15 is 0 Å². The zero-order valence-electron chi connectivity index (χ0n) is 12.5. The van der Waals surface area contributed by atoms with E-state index in [1.807, 2.05) is 0 Å². The standard InChI is InChI=1S/C13H26N4O3S/c14-11-13(4-2-1-3-5-13)10-12(18)16-6-8-17(9-7-16)21(15,19)20/h1-11,14H2,(H2,15,19,20). The number of carbonyl (C=O) groups is 1. The second kappa shape index (κ2) is 6.60. The van der Waals surface area contributed by atoms with Crippen molar-refractivity contribution >= 4 is 16.1 Å². The van der Waals surface area contributed by atoms with Gasteiger partial charge in [-0.3, -0.25) is 4.79 Å². The van der Waals surface area contributed by atoms with Gasteiger partial charge in [0.25, 0.3) is 10.2 Å². The van der Waals surface area contributed by atoms with Crippen molar-refractivity contribution in [2.75, 3.05) is 32.7 Å². The molecule has 0 bridgehead atoms. The van der Waals surface area contributed by atoms with Gasteiger partial charge in [0.15, 0.2) is 0 Å². The van der Waals surface area contributed by atoms with E-state index in [1.54, 1.807) is 4.90 Å². The Morgan fingerprint density at radius 1 is 1.05 bits per heavy atom. The highest BCUT2D eigenvalue weighted by molar-refractivity contribution is 7.86. The zero-order valence-corrected chi connectivity index (χ0v) is 13.3. The van der Waals surface area contributed by atoms with Gasteiger partial charge in [0, 0.05) is 32.6 Å². The Labute approximate surface area is 126 Å². The number of carbonyl (C=O) groups excluding carboxylic acids is 1. The van der Waals surface area contributed by atoms with Gasteiger partial charge in [-0.05, 0) is 24.8 Å². The second-order valence-electron chi connectivity index (χ2n) is 6.27. The summed E-state index contributed by atoms with van der Waals surface area (Å²) in [6.45, 7) is 1.93. The molecular weight excluding hydrogens is 292 g/mol. The minimum atomic E-state index is -3.64. The molecule has 0 aromatic heterocycles. The van der Waals surface area contributed by atoms with Crippen LogP contribution in [0.15, 0.2) is 0 Å². The lowest BCUT2D eigenvalue weighted by atomic mass is 9.71. The molecule has 1 saturated heterocycles. The third kappa shape index (κ3) is 4.15. The van der Waals surface area contributed by atoms with Crippen molar-refractivity contribution in [1.82, 2.24) is 9.21 Å². The highest BCUT2D eigenvalue weighted by Gasteiger charge is 2.35. The van der Waals surface area contributed by atoms with Gasteiger partial charge < -0.3 is 10.6 Å². The van der Waals surface area contributed by atoms with Gasteiger partial charge in [0.05, 0.1) is 0 Å². The van der Waals surface area contributed by atoms with E-state index in [0.29, 0.717) is 26.1 Å². The molecule has 1 saturated carbocycles. The molecular formula is C13H26N4O3S. The lowest BCUT2D eigenvalue weighted by Crippen LogP contribution is -2.53. The maximum atomic E-state index is 12.5. The van der Waals surface area contributed by atoms with Crippen molar-refractivity contribution in [3.8, 4) is 0 Å². The first-order valence-corrected chi connectivity index (χ1v) is 9.12. The lowest BCUT2D eigenvalue weighted by Gasteiger charge is -2.39. The van der Waals surface area contributed by atoms with E-state index in [0.717, 1.165) is 25.7 Å². The molecule has 0 radical (unpaired) electrons. The molecule has 1 aliphatic carbocycles. The number of hydrogen-bond acceptors (Lipinski definition) is 4. The summed E-state index contributed by atoms with van der Waals surface area (Å²) in [5.41, 5.74) is 5.87. The maximum absolute atomic E-state index is 12.5. The number of rotatable bonds is 4. The van der Waals surface area contributed by atoms with Crippen LogP contribution in [-0.4, -0.2) is 56.3 Å². The Kier molecular flexibility index (Phi) is 5.24. The first-order valence-electron chi connectivity index (χ1n) is 7.62. The van der Waals surface area contributed by atoms with Crippen LogP contribution >= 0.6 is 0 Å². The molecule has 4 N–H and O–H groups in total. The van der Waals surface area contributed by atoms with E-state index < -0.39 is 10.2 Å². The second-order valence-corrected chi connectivity index (χ2v) is 7.81. The number of nitrogens with zero attached hydrogens (tertiary/aromatic N) is 2. The Morgan fingerprint density at radius 2 is 1.62 bits per heavy atom. The molecule has 8 heteroatoms. The fourth-order valence-electron chi connectivity index (χ4n) is 3.38. The highest BCUT2D eigenvalue weighted by Crippen LogP contribution is 2.38. The topological polar surface area (TPSA) is 110 Å². The summed E-state index contributed by atoms with van der Waals surface area (Å²) in [5, 5.41) is 5.10. The Hall–Kier alpha value is -0.700. The fourth-order valence-corrected chi connectivity index (χ4v) is 4.05. The molecule has 21 heavy (non-hydrogen) atoms. The maximum Gasteiger partial charge on any atom is 0.277 e. The number of piperazine rings is 1. The Morgan fingerprint density at radius 3 is 2.10 bits per heavy atom. The molecule has 122 valence electrons. The predicted molar refractivity (Wildman–Crippen MR) is 80.4 cm³/mol. The van der Waals surface area contributed by atoms with E-state index in [9.17, 15) is 13.2 Å². The number of hydrogen-bond donors (Lipinski definition) is 2. The molecule has 1 heterocycles. The fraction of sp³-hybridized carbons (Fsp3) is 0.923. The summed E-state index contributed by atoms with van der Waals surface area (Å²) >= 11 is 0. The molecule has 1 aliphatic heterocycles. The minimum absolute atomic E-state index is 0.0492. The summed E-state index contributed by atoms with van der Waals surface area (Å²) < 4.78 is 23.7. The third-order valence-electron chi connectivity index (χ3n) is 4.82. The van der Waals surface area contributed by atoms with Gasteiger partial charge in [-0.15, -0.1) is 0 Å². The van der Waals surface area contributed by atoms with Crippen molar-refractivity contribution in [2.24, 2.45) is 16.3 Å². The van der Waals surface area contributed by atoms with Crippen LogP contribution in [0.4, 0.5) is 0 Å². The SMILES string of the molecule is NCC1(CC(=O)N2CCN(S(N)(=O)=O)CC2)CCCCC1. The average Bonchev–Trinajstić information content (AvgIpc) is 2.47. The van der Waals surface area contributed by atoms with E-state index in [-0.39, 0.29) is 24.4 Å². The molecule has 2 aliphatic rings. The van der Waals surface area contributed by atoms with Crippen molar-refractivity contribution in [3.63, 3.8) is 0 Å². The third-order valence-corrected chi connectivity index (χ3v) is 5.91. The van der Waals surface area contributed by atoms with Crippen LogP contribution in [0.3, 0.4) is 0 Å². The first-order chi connectivity index (χ1) is 9.86. The van der Waals surface area contributed by atoms with Crippen LogP contribution < -0.4 is 10.9 Å². The molecule has 2 fully saturated rings. The van der Waals surface area contributed by atoms with Crippen LogP contribution in [0.25, 0.3) is 0 Å². The highest BCUT2D eigenvalue weighted by atomic mass is 32.2. The monoisotopic (exact) mass is 318 g/mol. The van der Waals surface area contributed by atoms with Crippen LogP contribution in [-0.2, 0) is 15.0 Å². The van der Waals surface area contributed by atoms with Gasteiger partial charge in [-0.2, -0.15) is 12.7 Å². The van der Waals surface area contributed by atoms with Crippen molar-refractivity contribution < 1.29 is 13.2 Å². The quantitative estimate of drug-likeness (QED) is 0.737. The molecule has 2 rings (SSSR count). The Balaban J connectivity index is 1.90. The van der Waals surface area contributed by atoms with Gasteiger partial charge in [-0.1, -0.05) is 19.3 Å². The summed E-state index contributed by atoms with van der Waals surface area (Å²) in [5.74, 6) is 0.0939. The molecule has 0 aromatic rings. The van der Waals surface area contributed by atoms with Crippen molar-refractivity contribution in [1.29, 1.82) is 0 Å². The van der Waals surface area contributed by atoms with E-state index in [2.05, 4.69) is 0 Å². The van der Waals surface area contributed by atoms with Gasteiger partial charge in [0.1, 0.15) is 0 Å².